The van der Waals surface area contributed by atoms with Gasteiger partial charge in [-0.2, -0.15) is 8.78 Å². The summed E-state index contributed by atoms with van der Waals surface area (Å²) < 4.78 is 29.1. The van der Waals surface area contributed by atoms with E-state index in [0.29, 0.717) is 5.76 Å². The van der Waals surface area contributed by atoms with Crippen molar-refractivity contribution >= 4 is 5.91 Å². The molecule has 1 rings (SSSR count). The summed E-state index contributed by atoms with van der Waals surface area (Å²) in [5.41, 5.74) is 0. The van der Waals surface area contributed by atoms with Crippen LogP contribution in [0.15, 0.2) is 22.8 Å². The number of halogens is 2. The molecule has 0 aliphatic rings. The second-order valence-electron chi connectivity index (χ2n) is 3.54. The Kier molecular flexibility index (Phi) is 4.42. The van der Waals surface area contributed by atoms with Crippen LogP contribution in [-0.2, 0) is 4.79 Å². The zero-order valence-electron chi connectivity index (χ0n) is 9.11. The summed E-state index contributed by atoms with van der Waals surface area (Å²) in [5.74, 6) is -0.641. The van der Waals surface area contributed by atoms with E-state index in [-0.39, 0.29) is 12.6 Å². The highest BCUT2D eigenvalue weighted by Crippen LogP contribution is 2.17. The van der Waals surface area contributed by atoms with Gasteiger partial charge in [-0.25, -0.2) is 0 Å². The van der Waals surface area contributed by atoms with Gasteiger partial charge in [-0.05, 0) is 26.2 Å². The minimum Gasteiger partial charge on any atom is -0.468 e. The Balaban J connectivity index is 2.57. The Bertz CT molecular complexity index is 326. The Labute approximate surface area is 92.2 Å². The van der Waals surface area contributed by atoms with E-state index in [1.807, 2.05) is 0 Å². The lowest BCUT2D eigenvalue weighted by Crippen LogP contribution is -2.37. The van der Waals surface area contributed by atoms with Crippen LogP contribution in [0, 0.1) is 0 Å². The van der Waals surface area contributed by atoms with E-state index in [1.165, 1.54) is 6.26 Å². The molecule has 0 spiro atoms. The minimum atomic E-state index is -2.99. The zero-order chi connectivity index (χ0) is 12.1. The first kappa shape index (κ1) is 12.6. The average molecular weight is 232 g/mol. The number of amides is 1. The van der Waals surface area contributed by atoms with Crippen LogP contribution in [0.1, 0.15) is 11.8 Å². The second-order valence-corrected chi connectivity index (χ2v) is 3.54. The molecule has 0 saturated carbocycles. The molecule has 1 amide bonds. The third kappa shape index (κ3) is 3.30. The Morgan fingerprint density at radius 3 is 2.69 bits per heavy atom. The number of alkyl halides is 2. The van der Waals surface area contributed by atoms with Crippen LogP contribution >= 0.6 is 0 Å². The van der Waals surface area contributed by atoms with E-state index in [9.17, 15) is 13.6 Å². The van der Waals surface area contributed by atoms with Crippen LogP contribution in [0.3, 0.4) is 0 Å². The Hall–Kier alpha value is -1.43. The molecule has 1 unspecified atom stereocenters. The molecule has 4 nitrogen and oxygen atoms in total. The molecule has 1 aromatic rings. The Morgan fingerprint density at radius 2 is 2.25 bits per heavy atom. The average Bonchev–Trinajstić information content (AvgIpc) is 2.70. The maximum Gasteiger partial charge on any atom is 0.315 e. The number of nitrogens with one attached hydrogen (secondary N) is 1. The molecule has 1 heterocycles. The number of likely N-dealkylation sites (N-methyl/N-ethyl adjacent to an activating group) is 1. The molecule has 16 heavy (non-hydrogen) atoms. The molecule has 0 aliphatic carbocycles. The number of rotatable bonds is 5. The molecule has 0 radical (unpaired) electrons. The summed E-state index contributed by atoms with van der Waals surface area (Å²) in [6.45, 7) is 0.0870. The zero-order valence-corrected chi connectivity index (χ0v) is 9.11. The van der Waals surface area contributed by atoms with Gasteiger partial charge in [0.2, 0.25) is 0 Å². The topological polar surface area (TPSA) is 45.5 Å². The second kappa shape index (κ2) is 5.60. The SMILES string of the molecule is CN(C)C(CNC(=O)C(F)F)c1ccco1. The molecule has 1 atom stereocenters. The van der Waals surface area contributed by atoms with E-state index in [0.717, 1.165) is 0 Å². The van der Waals surface area contributed by atoms with Gasteiger partial charge in [0.05, 0.1) is 12.3 Å². The predicted molar refractivity (Wildman–Crippen MR) is 54.1 cm³/mol. The van der Waals surface area contributed by atoms with Gasteiger partial charge in [-0.3, -0.25) is 9.69 Å². The first-order chi connectivity index (χ1) is 7.52. The van der Waals surface area contributed by atoms with Crippen molar-refractivity contribution in [2.75, 3.05) is 20.6 Å². The van der Waals surface area contributed by atoms with Crippen molar-refractivity contribution in [1.29, 1.82) is 0 Å². The monoisotopic (exact) mass is 232 g/mol. The summed E-state index contributed by atoms with van der Waals surface area (Å²) in [4.78, 5) is 12.5. The maximum atomic E-state index is 12.0. The molecular formula is C10H14F2N2O2. The normalized spacial score (nSPS) is 13.1. The number of nitrogens with zero attached hydrogens (tertiary/aromatic N) is 1. The van der Waals surface area contributed by atoms with Crippen LogP contribution in [0.4, 0.5) is 8.78 Å². The first-order valence-corrected chi connectivity index (χ1v) is 4.78. The summed E-state index contributed by atoms with van der Waals surface area (Å²) in [6.07, 6.45) is -1.49. The van der Waals surface area contributed by atoms with Gasteiger partial charge in [-0.1, -0.05) is 0 Å². The summed E-state index contributed by atoms with van der Waals surface area (Å²) in [5, 5.41) is 2.16. The van der Waals surface area contributed by atoms with E-state index in [2.05, 4.69) is 5.32 Å². The van der Waals surface area contributed by atoms with Crippen molar-refractivity contribution in [2.24, 2.45) is 0 Å². The quantitative estimate of drug-likeness (QED) is 0.831. The standard InChI is InChI=1S/C10H14F2N2O2/c1-14(2)7(8-4-3-5-16-8)6-13-10(15)9(11)12/h3-5,7,9H,6H2,1-2H3,(H,13,15). The lowest BCUT2D eigenvalue weighted by Gasteiger charge is -2.22. The molecule has 90 valence electrons. The largest absolute Gasteiger partial charge is 0.468 e. The van der Waals surface area contributed by atoms with Crippen molar-refractivity contribution in [2.45, 2.75) is 12.5 Å². The third-order valence-electron chi connectivity index (χ3n) is 2.16. The number of hydrogen-bond acceptors (Lipinski definition) is 3. The van der Waals surface area contributed by atoms with Gasteiger partial charge < -0.3 is 9.73 Å². The van der Waals surface area contributed by atoms with Crippen LogP contribution < -0.4 is 5.32 Å². The van der Waals surface area contributed by atoms with E-state index in [1.54, 1.807) is 31.1 Å². The molecule has 1 aromatic heterocycles. The molecule has 0 aliphatic heterocycles. The highest BCUT2D eigenvalue weighted by Gasteiger charge is 2.20. The first-order valence-electron chi connectivity index (χ1n) is 4.78. The summed E-state index contributed by atoms with van der Waals surface area (Å²) in [6, 6.07) is 3.19. The van der Waals surface area contributed by atoms with Crippen LogP contribution in [0.25, 0.3) is 0 Å². The number of carbonyl (C=O) groups is 1. The van der Waals surface area contributed by atoms with E-state index >= 15 is 0 Å². The fraction of sp³-hybridized carbons (Fsp3) is 0.500. The van der Waals surface area contributed by atoms with Crippen molar-refractivity contribution in [3.63, 3.8) is 0 Å². The van der Waals surface area contributed by atoms with Gasteiger partial charge >= 0.3 is 6.43 Å². The third-order valence-corrected chi connectivity index (χ3v) is 2.16. The molecular weight excluding hydrogens is 218 g/mol. The van der Waals surface area contributed by atoms with Gasteiger partial charge in [0.15, 0.2) is 0 Å². The smallest absolute Gasteiger partial charge is 0.315 e. The molecule has 0 aromatic carbocycles. The van der Waals surface area contributed by atoms with Gasteiger partial charge in [0.1, 0.15) is 5.76 Å². The van der Waals surface area contributed by atoms with Crippen LogP contribution in [0.5, 0.6) is 0 Å². The van der Waals surface area contributed by atoms with Crippen LogP contribution in [-0.4, -0.2) is 37.9 Å². The molecule has 0 bridgehead atoms. The predicted octanol–water partition coefficient (Wildman–Crippen LogP) is 1.26. The molecule has 1 N–H and O–H groups in total. The van der Waals surface area contributed by atoms with Crippen molar-refractivity contribution in [3.05, 3.63) is 24.2 Å². The Morgan fingerprint density at radius 1 is 1.56 bits per heavy atom. The van der Waals surface area contributed by atoms with Gasteiger partial charge in [0, 0.05) is 6.54 Å². The van der Waals surface area contributed by atoms with Crippen molar-refractivity contribution in [1.82, 2.24) is 10.2 Å². The van der Waals surface area contributed by atoms with Gasteiger partial charge in [-0.15, -0.1) is 0 Å². The fourth-order valence-corrected chi connectivity index (χ4v) is 1.29. The van der Waals surface area contributed by atoms with Gasteiger partial charge in [0.25, 0.3) is 5.91 Å². The summed E-state index contributed by atoms with van der Waals surface area (Å²) in [7, 11) is 3.56. The minimum absolute atomic E-state index is 0.0870. The number of furan rings is 1. The molecule has 0 saturated heterocycles. The number of carbonyl (C=O) groups excluding carboxylic acids is 1. The highest BCUT2D eigenvalue weighted by atomic mass is 19.3. The van der Waals surface area contributed by atoms with Crippen molar-refractivity contribution < 1.29 is 18.0 Å². The highest BCUT2D eigenvalue weighted by molar-refractivity contribution is 5.79. The van der Waals surface area contributed by atoms with Crippen molar-refractivity contribution in [3.8, 4) is 0 Å². The van der Waals surface area contributed by atoms with E-state index < -0.39 is 12.3 Å². The lowest BCUT2D eigenvalue weighted by atomic mass is 10.2. The molecule has 6 heteroatoms. The van der Waals surface area contributed by atoms with Crippen LogP contribution in [0.2, 0.25) is 0 Å². The molecule has 0 fully saturated rings. The van der Waals surface area contributed by atoms with E-state index in [4.69, 9.17) is 4.42 Å². The number of hydrogen-bond donors (Lipinski definition) is 1. The summed E-state index contributed by atoms with van der Waals surface area (Å²) >= 11 is 0. The maximum absolute atomic E-state index is 12.0. The lowest BCUT2D eigenvalue weighted by molar-refractivity contribution is -0.131. The fourth-order valence-electron chi connectivity index (χ4n) is 1.29.